The summed E-state index contributed by atoms with van der Waals surface area (Å²) >= 11 is 0. The van der Waals surface area contributed by atoms with E-state index in [-0.39, 0.29) is 24.3 Å². The van der Waals surface area contributed by atoms with Crippen LogP contribution in [0, 0.1) is 17.3 Å². The highest BCUT2D eigenvalue weighted by Gasteiger charge is 2.45. The molecule has 18 heavy (non-hydrogen) atoms. The van der Waals surface area contributed by atoms with Gasteiger partial charge in [0.05, 0.1) is 5.41 Å². The summed E-state index contributed by atoms with van der Waals surface area (Å²) in [7, 11) is 0. The molecular weight excluding hydrogens is 232 g/mol. The van der Waals surface area contributed by atoms with E-state index in [1.165, 1.54) is 0 Å². The van der Waals surface area contributed by atoms with Crippen molar-refractivity contribution in [2.45, 2.75) is 38.5 Å². The summed E-state index contributed by atoms with van der Waals surface area (Å²) in [5.74, 6) is -0.528. The van der Waals surface area contributed by atoms with Crippen LogP contribution < -0.4 is 11.1 Å². The number of carboxylic acids is 1. The van der Waals surface area contributed by atoms with Crippen LogP contribution in [0.4, 0.5) is 0 Å². The normalized spacial score (nSPS) is 29.6. The molecule has 0 radical (unpaired) electrons. The van der Waals surface area contributed by atoms with Crippen LogP contribution in [0.15, 0.2) is 0 Å². The average Bonchev–Trinajstić information content (AvgIpc) is 2.74. The topological polar surface area (TPSA) is 92.4 Å². The average molecular weight is 254 g/mol. The van der Waals surface area contributed by atoms with Crippen molar-refractivity contribution >= 4 is 11.9 Å². The second-order valence-electron chi connectivity index (χ2n) is 5.69. The zero-order valence-corrected chi connectivity index (χ0v) is 10.7. The first-order chi connectivity index (χ1) is 8.59. The van der Waals surface area contributed by atoms with Gasteiger partial charge in [-0.3, -0.25) is 9.59 Å². The van der Waals surface area contributed by atoms with Crippen molar-refractivity contribution in [3.63, 3.8) is 0 Å². The molecule has 0 spiro atoms. The molecule has 0 aromatic heterocycles. The van der Waals surface area contributed by atoms with E-state index in [1.54, 1.807) is 0 Å². The molecule has 2 unspecified atom stereocenters. The summed E-state index contributed by atoms with van der Waals surface area (Å²) < 4.78 is 0. The molecule has 2 fully saturated rings. The van der Waals surface area contributed by atoms with Crippen molar-refractivity contribution in [2.75, 3.05) is 13.1 Å². The van der Waals surface area contributed by atoms with Crippen LogP contribution in [0.5, 0.6) is 0 Å². The van der Waals surface area contributed by atoms with Gasteiger partial charge in [-0.2, -0.15) is 0 Å². The molecule has 0 aromatic rings. The molecule has 0 saturated heterocycles. The molecule has 0 heterocycles. The van der Waals surface area contributed by atoms with Crippen LogP contribution in [0.1, 0.15) is 38.5 Å². The Balaban J connectivity index is 1.86. The molecule has 5 heteroatoms. The molecule has 0 bridgehead atoms. The van der Waals surface area contributed by atoms with Gasteiger partial charge in [-0.1, -0.05) is 12.8 Å². The minimum absolute atomic E-state index is 0.00419. The van der Waals surface area contributed by atoms with Gasteiger partial charge in [0, 0.05) is 12.5 Å². The minimum Gasteiger partial charge on any atom is -0.481 e. The van der Waals surface area contributed by atoms with Gasteiger partial charge < -0.3 is 16.2 Å². The van der Waals surface area contributed by atoms with Crippen LogP contribution >= 0.6 is 0 Å². The van der Waals surface area contributed by atoms with Crippen LogP contribution in [0.2, 0.25) is 0 Å². The zero-order chi connectivity index (χ0) is 13.2. The number of rotatable bonds is 5. The lowest BCUT2D eigenvalue weighted by Gasteiger charge is -2.38. The number of hydrogen-bond acceptors (Lipinski definition) is 3. The van der Waals surface area contributed by atoms with Crippen molar-refractivity contribution in [3.8, 4) is 0 Å². The molecule has 5 nitrogen and oxygen atoms in total. The molecular formula is C13H22N2O3. The van der Waals surface area contributed by atoms with Gasteiger partial charge in [0.15, 0.2) is 0 Å². The second-order valence-corrected chi connectivity index (χ2v) is 5.69. The predicted octanol–water partition coefficient (Wildman–Crippen LogP) is 0.732. The fourth-order valence-electron chi connectivity index (χ4n) is 3.12. The number of aliphatic carboxylic acids is 1. The first-order valence-corrected chi connectivity index (χ1v) is 6.80. The van der Waals surface area contributed by atoms with E-state index in [0.29, 0.717) is 19.4 Å². The Morgan fingerprint density at radius 1 is 1.28 bits per heavy atom. The first-order valence-electron chi connectivity index (χ1n) is 6.80. The zero-order valence-electron chi connectivity index (χ0n) is 10.7. The van der Waals surface area contributed by atoms with E-state index in [9.17, 15) is 14.7 Å². The van der Waals surface area contributed by atoms with Crippen molar-refractivity contribution in [1.82, 2.24) is 5.32 Å². The van der Waals surface area contributed by atoms with Crippen LogP contribution in [-0.2, 0) is 9.59 Å². The maximum atomic E-state index is 12.1. The fourth-order valence-corrected chi connectivity index (χ4v) is 3.12. The predicted molar refractivity (Wildman–Crippen MR) is 66.8 cm³/mol. The molecule has 2 aliphatic carbocycles. The van der Waals surface area contributed by atoms with E-state index in [2.05, 4.69) is 5.32 Å². The Morgan fingerprint density at radius 2 is 2.00 bits per heavy atom. The lowest BCUT2D eigenvalue weighted by Crippen LogP contribution is -2.49. The van der Waals surface area contributed by atoms with Crippen LogP contribution in [0.3, 0.4) is 0 Å². The van der Waals surface area contributed by atoms with E-state index < -0.39 is 11.4 Å². The Labute approximate surface area is 107 Å². The molecule has 1 amide bonds. The SMILES string of the molecule is NCC1CCCC1C(=O)NCC1(C(=O)O)CCC1. The number of carboxylic acid groups (broad SMARTS) is 1. The standard InChI is InChI=1S/C13H22N2O3/c14-7-9-3-1-4-10(9)11(16)15-8-13(12(17)18)5-2-6-13/h9-10H,1-8,14H2,(H,15,16)(H,17,18). The smallest absolute Gasteiger partial charge is 0.311 e. The fraction of sp³-hybridized carbons (Fsp3) is 0.846. The van der Waals surface area contributed by atoms with Crippen molar-refractivity contribution < 1.29 is 14.7 Å². The minimum atomic E-state index is -0.782. The molecule has 2 saturated carbocycles. The summed E-state index contributed by atoms with van der Waals surface area (Å²) in [5.41, 5.74) is 4.95. The molecule has 2 rings (SSSR count). The van der Waals surface area contributed by atoms with Gasteiger partial charge in [0.1, 0.15) is 0 Å². The maximum absolute atomic E-state index is 12.1. The van der Waals surface area contributed by atoms with Gasteiger partial charge in [-0.05, 0) is 38.1 Å². The summed E-state index contributed by atoms with van der Waals surface area (Å²) in [6.07, 6.45) is 5.23. The van der Waals surface area contributed by atoms with Crippen molar-refractivity contribution in [2.24, 2.45) is 23.0 Å². The van der Waals surface area contributed by atoms with Crippen LogP contribution in [0.25, 0.3) is 0 Å². The van der Waals surface area contributed by atoms with Crippen molar-refractivity contribution in [3.05, 3.63) is 0 Å². The molecule has 0 aromatic carbocycles. The van der Waals surface area contributed by atoms with Crippen LogP contribution in [-0.4, -0.2) is 30.1 Å². The molecule has 0 aliphatic heterocycles. The third kappa shape index (κ3) is 2.36. The Bertz CT molecular complexity index is 339. The number of carbonyl (C=O) groups excluding carboxylic acids is 1. The third-order valence-corrected chi connectivity index (χ3v) is 4.66. The highest BCUT2D eigenvalue weighted by Crippen LogP contribution is 2.40. The summed E-state index contributed by atoms with van der Waals surface area (Å²) in [4.78, 5) is 23.3. The number of hydrogen-bond donors (Lipinski definition) is 3. The van der Waals surface area contributed by atoms with Gasteiger partial charge >= 0.3 is 5.97 Å². The van der Waals surface area contributed by atoms with Gasteiger partial charge in [0.2, 0.25) is 5.91 Å². The van der Waals surface area contributed by atoms with Gasteiger partial charge in [-0.25, -0.2) is 0 Å². The van der Waals surface area contributed by atoms with E-state index in [4.69, 9.17) is 5.73 Å². The van der Waals surface area contributed by atoms with E-state index >= 15 is 0 Å². The number of carbonyl (C=O) groups is 2. The summed E-state index contributed by atoms with van der Waals surface area (Å²) in [5, 5.41) is 12.0. The Kier molecular flexibility index (Phi) is 3.90. The van der Waals surface area contributed by atoms with E-state index in [1.807, 2.05) is 0 Å². The summed E-state index contributed by atoms with van der Waals surface area (Å²) in [6.45, 7) is 0.817. The monoisotopic (exact) mass is 254 g/mol. The van der Waals surface area contributed by atoms with Gasteiger partial charge in [-0.15, -0.1) is 0 Å². The van der Waals surface area contributed by atoms with E-state index in [0.717, 1.165) is 25.7 Å². The molecule has 4 N–H and O–H groups in total. The number of amides is 1. The number of nitrogens with one attached hydrogen (secondary N) is 1. The largest absolute Gasteiger partial charge is 0.481 e. The lowest BCUT2D eigenvalue weighted by molar-refractivity contribution is -0.154. The summed E-state index contributed by atoms with van der Waals surface area (Å²) in [6, 6.07) is 0. The molecule has 2 atom stereocenters. The molecule has 102 valence electrons. The second kappa shape index (κ2) is 5.26. The third-order valence-electron chi connectivity index (χ3n) is 4.66. The Hall–Kier alpha value is -1.10. The Morgan fingerprint density at radius 3 is 2.50 bits per heavy atom. The van der Waals surface area contributed by atoms with Gasteiger partial charge in [0.25, 0.3) is 0 Å². The molecule has 2 aliphatic rings. The number of nitrogens with two attached hydrogens (primary N) is 1. The van der Waals surface area contributed by atoms with Crippen molar-refractivity contribution in [1.29, 1.82) is 0 Å². The highest BCUT2D eigenvalue weighted by molar-refractivity contribution is 5.81. The quantitative estimate of drug-likeness (QED) is 0.674. The lowest BCUT2D eigenvalue weighted by atomic mass is 9.68. The highest BCUT2D eigenvalue weighted by atomic mass is 16.4. The first kappa shape index (κ1) is 13.3. The maximum Gasteiger partial charge on any atom is 0.311 e.